The van der Waals surface area contributed by atoms with Crippen LogP contribution in [-0.4, -0.2) is 50.4 Å². The highest BCUT2D eigenvalue weighted by Gasteiger charge is 2.43. The highest BCUT2D eigenvalue weighted by atomic mass is 32.2. The molecule has 2 unspecified atom stereocenters. The topological polar surface area (TPSA) is 71.5 Å². The molecule has 2 atom stereocenters. The smallest absolute Gasteiger partial charge is 0.234 e. The third-order valence-corrected chi connectivity index (χ3v) is 8.80. The van der Waals surface area contributed by atoms with Crippen LogP contribution >= 0.6 is 0 Å². The summed E-state index contributed by atoms with van der Waals surface area (Å²) in [5.74, 6) is -0.0421. The number of benzene rings is 2. The van der Waals surface area contributed by atoms with Gasteiger partial charge in [-0.05, 0) is 73.0 Å². The largest absolute Gasteiger partial charge is 0.384 e. The summed E-state index contributed by atoms with van der Waals surface area (Å²) in [4.78, 5) is 7.28. The maximum absolute atomic E-state index is 12.4. The van der Waals surface area contributed by atoms with Gasteiger partial charge in [0.1, 0.15) is 0 Å². The summed E-state index contributed by atoms with van der Waals surface area (Å²) < 4.78 is 32.4. The lowest BCUT2D eigenvalue weighted by atomic mass is 9.63. The van der Waals surface area contributed by atoms with Crippen molar-refractivity contribution < 1.29 is 13.2 Å². The number of aromatic nitrogens is 1. The molecule has 180 valence electrons. The molecule has 1 aromatic heterocycles. The summed E-state index contributed by atoms with van der Waals surface area (Å²) in [5.41, 5.74) is 4.34. The number of rotatable bonds is 8. The summed E-state index contributed by atoms with van der Waals surface area (Å²) >= 11 is 0. The van der Waals surface area contributed by atoms with Crippen LogP contribution in [0.4, 0.5) is 5.69 Å². The second-order valence-electron chi connectivity index (χ2n) is 9.78. The standard InChI is InChI=1S/C27H33N3O3S/c1-33-14-15-34(31,32)29-24-8-4-7-23(17-24)27-11-5-9-25(18-27)30(13-12-27)20-21-16-22-6-2-3-10-26(22)28-19-21/h2-4,6-8,10,16-17,19,25,29H,5,9,11-15,18,20H2,1H3. The SMILES string of the molecule is COCCS(=O)(=O)Nc1cccc(C23CCCC(C2)N(Cc2cnc4ccccc4c2)CC3)c1. The van der Waals surface area contributed by atoms with Gasteiger partial charge in [0.15, 0.2) is 0 Å². The van der Waals surface area contributed by atoms with E-state index in [4.69, 9.17) is 4.74 Å². The minimum absolute atomic E-state index is 0.0421. The Balaban J connectivity index is 1.31. The van der Waals surface area contributed by atoms with Crippen molar-refractivity contribution in [1.82, 2.24) is 9.88 Å². The summed E-state index contributed by atoms with van der Waals surface area (Å²) in [6.07, 6.45) is 7.80. The molecule has 1 saturated heterocycles. The Morgan fingerprint density at radius 2 is 2.03 bits per heavy atom. The number of ether oxygens (including phenoxy) is 1. The maximum atomic E-state index is 12.4. The lowest BCUT2D eigenvalue weighted by Crippen LogP contribution is -2.51. The Labute approximate surface area is 202 Å². The predicted octanol–water partition coefficient (Wildman–Crippen LogP) is 4.71. The molecular formula is C27H33N3O3S. The number of pyridine rings is 1. The van der Waals surface area contributed by atoms with E-state index < -0.39 is 10.0 Å². The third-order valence-electron chi connectivity index (χ3n) is 7.55. The molecule has 6 nitrogen and oxygen atoms in total. The Hall–Kier alpha value is -2.48. The molecule has 0 spiro atoms. The van der Waals surface area contributed by atoms with Crippen LogP contribution in [0.5, 0.6) is 0 Å². The van der Waals surface area contributed by atoms with Crippen molar-refractivity contribution in [1.29, 1.82) is 0 Å². The van der Waals surface area contributed by atoms with Gasteiger partial charge in [0.2, 0.25) is 10.0 Å². The molecule has 2 aromatic carbocycles. The molecule has 2 fully saturated rings. The minimum atomic E-state index is -3.42. The number of fused-ring (bicyclic) bond motifs is 3. The Morgan fingerprint density at radius 1 is 1.15 bits per heavy atom. The first-order valence-corrected chi connectivity index (χ1v) is 13.8. The lowest BCUT2D eigenvalue weighted by Gasteiger charge is -2.51. The fourth-order valence-electron chi connectivity index (χ4n) is 5.80. The number of nitrogens with one attached hydrogen (secondary N) is 1. The van der Waals surface area contributed by atoms with Gasteiger partial charge in [-0.25, -0.2) is 8.42 Å². The monoisotopic (exact) mass is 479 g/mol. The van der Waals surface area contributed by atoms with E-state index in [1.807, 2.05) is 24.4 Å². The van der Waals surface area contributed by atoms with Crippen molar-refractivity contribution in [3.8, 4) is 0 Å². The van der Waals surface area contributed by atoms with Gasteiger partial charge in [-0.15, -0.1) is 0 Å². The van der Waals surface area contributed by atoms with Crippen LogP contribution in [-0.2, 0) is 26.7 Å². The maximum Gasteiger partial charge on any atom is 0.234 e. The van der Waals surface area contributed by atoms with E-state index >= 15 is 0 Å². The lowest BCUT2D eigenvalue weighted by molar-refractivity contribution is 0.0458. The number of hydrogen-bond acceptors (Lipinski definition) is 5. The first kappa shape index (κ1) is 23.3. The highest BCUT2D eigenvalue weighted by Crippen LogP contribution is 2.47. The van der Waals surface area contributed by atoms with Gasteiger partial charge >= 0.3 is 0 Å². The molecule has 1 aliphatic heterocycles. The van der Waals surface area contributed by atoms with E-state index in [1.165, 1.54) is 36.5 Å². The highest BCUT2D eigenvalue weighted by molar-refractivity contribution is 7.92. The predicted molar refractivity (Wildman–Crippen MR) is 136 cm³/mol. The van der Waals surface area contributed by atoms with E-state index in [-0.39, 0.29) is 17.8 Å². The second-order valence-corrected chi connectivity index (χ2v) is 11.6. The van der Waals surface area contributed by atoms with Crippen LogP contribution in [0.2, 0.25) is 0 Å². The first-order chi connectivity index (χ1) is 16.5. The van der Waals surface area contributed by atoms with Crippen molar-refractivity contribution in [3.63, 3.8) is 0 Å². The summed E-state index contributed by atoms with van der Waals surface area (Å²) in [6, 6.07) is 19.1. The van der Waals surface area contributed by atoms with Crippen LogP contribution in [0.25, 0.3) is 10.9 Å². The molecule has 2 heterocycles. The zero-order valence-corrected chi connectivity index (χ0v) is 20.6. The number of nitrogens with zero attached hydrogens (tertiary/aromatic N) is 2. The zero-order valence-electron chi connectivity index (χ0n) is 19.7. The zero-order chi connectivity index (χ0) is 23.6. The van der Waals surface area contributed by atoms with E-state index in [9.17, 15) is 8.42 Å². The molecule has 0 amide bonds. The molecule has 1 aliphatic carbocycles. The van der Waals surface area contributed by atoms with E-state index in [2.05, 4.69) is 51.0 Å². The molecule has 34 heavy (non-hydrogen) atoms. The second kappa shape index (κ2) is 9.64. The van der Waals surface area contributed by atoms with Crippen LogP contribution in [0, 0.1) is 0 Å². The van der Waals surface area contributed by atoms with Crippen LogP contribution in [0.1, 0.15) is 43.2 Å². The van der Waals surface area contributed by atoms with Crippen molar-refractivity contribution in [2.45, 2.75) is 50.1 Å². The van der Waals surface area contributed by atoms with Crippen molar-refractivity contribution in [3.05, 3.63) is 71.9 Å². The van der Waals surface area contributed by atoms with Gasteiger partial charge in [0.25, 0.3) is 0 Å². The minimum Gasteiger partial charge on any atom is -0.384 e. The van der Waals surface area contributed by atoms with Crippen LogP contribution < -0.4 is 4.72 Å². The molecule has 0 radical (unpaired) electrons. The Morgan fingerprint density at radius 3 is 2.91 bits per heavy atom. The molecule has 7 heteroatoms. The quantitative estimate of drug-likeness (QED) is 0.507. The average Bonchev–Trinajstić information content (AvgIpc) is 2.85. The van der Waals surface area contributed by atoms with Gasteiger partial charge in [-0.3, -0.25) is 14.6 Å². The van der Waals surface area contributed by atoms with Crippen molar-refractivity contribution in [2.24, 2.45) is 0 Å². The fraction of sp³-hybridized carbons (Fsp3) is 0.444. The molecule has 3 aromatic rings. The number of likely N-dealkylation sites (tertiary alicyclic amines) is 1. The number of piperidine rings is 1. The van der Waals surface area contributed by atoms with E-state index in [1.54, 1.807) is 0 Å². The van der Waals surface area contributed by atoms with Crippen molar-refractivity contribution in [2.75, 3.05) is 30.7 Å². The Kier molecular flexibility index (Phi) is 6.60. The first-order valence-electron chi connectivity index (χ1n) is 12.1. The van der Waals surface area contributed by atoms with E-state index in [0.717, 1.165) is 37.9 Å². The number of sulfonamides is 1. The average molecular weight is 480 g/mol. The number of para-hydroxylation sites is 1. The third kappa shape index (κ3) is 4.97. The number of hydrogen-bond donors (Lipinski definition) is 1. The normalized spacial score (nSPS) is 23.1. The van der Waals surface area contributed by atoms with Gasteiger partial charge in [0.05, 0.1) is 17.9 Å². The molecule has 2 aliphatic rings. The van der Waals surface area contributed by atoms with Crippen LogP contribution in [0.3, 0.4) is 0 Å². The van der Waals surface area contributed by atoms with Gasteiger partial charge in [0, 0.05) is 37.0 Å². The number of anilines is 1. The summed E-state index contributed by atoms with van der Waals surface area (Å²) in [5, 5.41) is 1.19. The molecular weight excluding hydrogens is 446 g/mol. The fourth-order valence-corrected chi connectivity index (χ4v) is 6.77. The van der Waals surface area contributed by atoms with Crippen molar-refractivity contribution >= 4 is 26.6 Å². The van der Waals surface area contributed by atoms with Gasteiger partial charge < -0.3 is 4.74 Å². The van der Waals surface area contributed by atoms with Gasteiger partial charge in [-0.2, -0.15) is 0 Å². The molecule has 1 saturated carbocycles. The van der Waals surface area contributed by atoms with E-state index in [0.29, 0.717) is 11.7 Å². The number of methoxy groups -OCH3 is 1. The molecule has 1 N–H and O–H groups in total. The van der Waals surface area contributed by atoms with Crippen LogP contribution in [0.15, 0.2) is 60.8 Å². The molecule has 5 rings (SSSR count). The Bertz CT molecular complexity index is 1260. The van der Waals surface area contributed by atoms with Gasteiger partial charge in [-0.1, -0.05) is 36.8 Å². The summed E-state index contributed by atoms with van der Waals surface area (Å²) in [6.45, 7) is 2.16. The summed E-state index contributed by atoms with van der Waals surface area (Å²) in [7, 11) is -1.90. The molecule has 2 bridgehead atoms.